The topological polar surface area (TPSA) is 9.23 Å². The molecule has 1 aliphatic carbocycles. The Labute approximate surface area is 184 Å². The fourth-order valence-corrected chi connectivity index (χ4v) is 5.86. The number of methoxy groups -OCH3 is 1. The number of halogens is 2. The van der Waals surface area contributed by atoms with Crippen LogP contribution in [0.3, 0.4) is 0 Å². The molecule has 0 saturated heterocycles. The highest BCUT2D eigenvalue weighted by molar-refractivity contribution is 7.10. The smallest absolute Gasteiger partial charge is 0.118 e. The number of hydrogen-bond acceptors (Lipinski definition) is 2. The third-order valence-corrected chi connectivity index (χ3v) is 7.25. The lowest BCUT2D eigenvalue weighted by Crippen LogP contribution is -2.20. The van der Waals surface area contributed by atoms with Gasteiger partial charge in [-0.25, -0.2) is 0 Å². The van der Waals surface area contributed by atoms with Crippen molar-refractivity contribution in [2.45, 2.75) is 11.8 Å². The van der Waals surface area contributed by atoms with Crippen LogP contribution in [0.25, 0.3) is 0 Å². The van der Waals surface area contributed by atoms with E-state index in [0.717, 1.165) is 21.4 Å². The largest absolute Gasteiger partial charge is 0.497 e. The number of fused-ring (bicyclic) bond motifs is 2. The third-order valence-electron chi connectivity index (χ3n) is 5.65. The maximum atomic E-state index is 6.82. The maximum absolute atomic E-state index is 6.82. The molecule has 0 amide bonds. The minimum absolute atomic E-state index is 0.0227. The summed E-state index contributed by atoms with van der Waals surface area (Å²) >= 11 is 15.4. The van der Waals surface area contributed by atoms with Gasteiger partial charge in [-0.05, 0) is 63.5 Å². The van der Waals surface area contributed by atoms with E-state index in [1.807, 2.05) is 36.4 Å². The van der Waals surface area contributed by atoms with Gasteiger partial charge in [-0.3, -0.25) is 0 Å². The summed E-state index contributed by atoms with van der Waals surface area (Å²) in [6, 6.07) is 24.9. The van der Waals surface area contributed by atoms with Crippen molar-refractivity contribution < 1.29 is 4.74 Å². The average molecular weight is 437 g/mol. The number of benzene rings is 3. The van der Waals surface area contributed by atoms with E-state index < -0.39 is 0 Å². The summed E-state index contributed by atoms with van der Waals surface area (Å²) in [6.45, 7) is 0. The van der Waals surface area contributed by atoms with Gasteiger partial charge in [-0.2, -0.15) is 0 Å². The molecule has 0 saturated carbocycles. The summed E-state index contributed by atoms with van der Waals surface area (Å²) in [6.07, 6.45) is 0. The Kier molecular flexibility index (Phi) is 4.87. The molecule has 5 rings (SSSR count). The number of thiophene rings is 1. The van der Waals surface area contributed by atoms with E-state index in [9.17, 15) is 0 Å². The van der Waals surface area contributed by atoms with Crippen molar-refractivity contribution in [3.05, 3.63) is 121 Å². The van der Waals surface area contributed by atoms with Gasteiger partial charge in [0.2, 0.25) is 0 Å². The van der Waals surface area contributed by atoms with Crippen LogP contribution in [0.4, 0.5) is 0 Å². The molecule has 1 nitrogen and oxygen atoms in total. The molecule has 1 heterocycles. The normalized spacial score (nSPS) is 17.5. The molecule has 0 radical (unpaired) electrons. The molecule has 0 fully saturated rings. The van der Waals surface area contributed by atoms with Gasteiger partial charge in [-0.1, -0.05) is 65.7 Å². The SMILES string of the molecule is COc1ccc(C2c3cccc(Cl)c3C(c3cccs3)c3cccc(Cl)c32)cc1. The Hall–Kier alpha value is -2.26. The summed E-state index contributed by atoms with van der Waals surface area (Å²) < 4.78 is 5.36. The maximum Gasteiger partial charge on any atom is 0.118 e. The molecule has 0 N–H and O–H groups in total. The van der Waals surface area contributed by atoms with E-state index in [-0.39, 0.29) is 11.8 Å². The van der Waals surface area contributed by atoms with Crippen LogP contribution in [0.15, 0.2) is 78.2 Å². The van der Waals surface area contributed by atoms with Crippen LogP contribution in [-0.2, 0) is 0 Å². The zero-order valence-electron chi connectivity index (χ0n) is 15.7. The fraction of sp³-hybridized carbons (Fsp3) is 0.120. The standard InChI is InChI=1S/C25H18Cl2OS/c1-28-16-12-10-15(11-13-16)22-17-5-2-8-20(27)24(17)25(21-9-4-14-29-21)18-6-3-7-19(26)23(18)22/h2-14,22,25H,1H3. The molecular weight excluding hydrogens is 419 g/mol. The van der Waals surface area contributed by atoms with E-state index in [1.54, 1.807) is 18.4 Å². The van der Waals surface area contributed by atoms with Gasteiger partial charge in [0.05, 0.1) is 7.11 Å². The van der Waals surface area contributed by atoms with Crippen molar-refractivity contribution in [3.63, 3.8) is 0 Å². The van der Waals surface area contributed by atoms with Crippen molar-refractivity contribution in [1.29, 1.82) is 0 Å². The number of rotatable bonds is 3. The molecular formula is C25H18Cl2OS. The molecule has 1 aliphatic rings. The molecule has 0 aliphatic heterocycles. The lowest BCUT2D eigenvalue weighted by molar-refractivity contribution is 0.414. The van der Waals surface area contributed by atoms with Crippen molar-refractivity contribution >= 4 is 34.5 Å². The molecule has 144 valence electrons. The van der Waals surface area contributed by atoms with Crippen LogP contribution in [0.5, 0.6) is 5.75 Å². The van der Waals surface area contributed by atoms with Gasteiger partial charge in [-0.15, -0.1) is 11.3 Å². The molecule has 4 aromatic rings. The van der Waals surface area contributed by atoms with E-state index >= 15 is 0 Å². The minimum Gasteiger partial charge on any atom is -0.497 e. The van der Waals surface area contributed by atoms with Gasteiger partial charge in [0.15, 0.2) is 0 Å². The lowest BCUT2D eigenvalue weighted by Gasteiger charge is -2.35. The Morgan fingerprint density at radius 2 is 1.34 bits per heavy atom. The Morgan fingerprint density at radius 3 is 1.93 bits per heavy atom. The second kappa shape index (κ2) is 7.53. The van der Waals surface area contributed by atoms with Gasteiger partial charge >= 0.3 is 0 Å². The second-order valence-corrected chi connectivity index (χ2v) is 8.93. The summed E-state index contributed by atoms with van der Waals surface area (Å²) in [7, 11) is 1.68. The van der Waals surface area contributed by atoms with Crippen molar-refractivity contribution in [2.24, 2.45) is 0 Å². The van der Waals surface area contributed by atoms with Crippen LogP contribution in [0, 0.1) is 0 Å². The first-order valence-electron chi connectivity index (χ1n) is 9.43. The Balaban J connectivity index is 1.82. The van der Waals surface area contributed by atoms with Gasteiger partial charge < -0.3 is 4.74 Å². The molecule has 3 aromatic carbocycles. The van der Waals surface area contributed by atoms with Crippen molar-refractivity contribution in [2.75, 3.05) is 7.11 Å². The zero-order valence-corrected chi connectivity index (χ0v) is 18.1. The zero-order chi connectivity index (χ0) is 20.0. The van der Waals surface area contributed by atoms with Crippen molar-refractivity contribution in [1.82, 2.24) is 0 Å². The molecule has 0 spiro atoms. The van der Waals surface area contributed by atoms with Crippen LogP contribution in [0.1, 0.15) is 44.5 Å². The average Bonchev–Trinajstić information content (AvgIpc) is 3.27. The molecule has 2 unspecified atom stereocenters. The Bertz CT molecular complexity index is 1170. The number of hydrogen-bond donors (Lipinski definition) is 0. The lowest BCUT2D eigenvalue weighted by atomic mass is 9.69. The van der Waals surface area contributed by atoms with Gasteiger partial charge in [0, 0.05) is 26.8 Å². The van der Waals surface area contributed by atoms with E-state index in [1.165, 1.54) is 27.1 Å². The summed E-state index contributed by atoms with van der Waals surface area (Å²) in [5.41, 5.74) is 5.94. The highest BCUT2D eigenvalue weighted by Crippen LogP contribution is 2.53. The third kappa shape index (κ3) is 3.07. The van der Waals surface area contributed by atoms with E-state index in [4.69, 9.17) is 27.9 Å². The first-order valence-corrected chi connectivity index (χ1v) is 11.1. The van der Waals surface area contributed by atoms with Crippen LogP contribution < -0.4 is 4.74 Å². The highest BCUT2D eigenvalue weighted by atomic mass is 35.5. The quantitative estimate of drug-likeness (QED) is 0.281. The Morgan fingerprint density at radius 1 is 0.724 bits per heavy atom. The second-order valence-electron chi connectivity index (χ2n) is 7.14. The predicted molar refractivity (Wildman–Crippen MR) is 122 cm³/mol. The number of ether oxygens (including phenoxy) is 1. The molecule has 2 atom stereocenters. The van der Waals surface area contributed by atoms with Crippen molar-refractivity contribution in [3.8, 4) is 5.75 Å². The molecule has 0 bridgehead atoms. The summed E-state index contributed by atoms with van der Waals surface area (Å²) in [5.74, 6) is 0.947. The fourth-order valence-electron chi connectivity index (χ4n) is 4.42. The van der Waals surface area contributed by atoms with Gasteiger partial charge in [0.1, 0.15) is 5.75 Å². The molecule has 29 heavy (non-hydrogen) atoms. The van der Waals surface area contributed by atoms with E-state index in [0.29, 0.717) is 0 Å². The first kappa shape index (κ1) is 18.7. The van der Waals surface area contributed by atoms with Crippen LogP contribution >= 0.6 is 34.5 Å². The van der Waals surface area contributed by atoms with Crippen LogP contribution in [-0.4, -0.2) is 7.11 Å². The molecule has 4 heteroatoms. The van der Waals surface area contributed by atoms with Crippen LogP contribution in [0.2, 0.25) is 10.0 Å². The minimum atomic E-state index is 0.0227. The highest BCUT2D eigenvalue weighted by Gasteiger charge is 2.37. The van der Waals surface area contributed by atoms with E-state index in [2.05, 4.69) is 41.8 Å². The summed E-state index contributed by atoms with van der Waals surface area (Å²) in [4.78, 5) is 1.27. The molecule has 1 aromatic heterocycles. The predicted octanol–water partition coefficient (Wildman–Crippen LogP) is 7.74. The summed E-state index contributed by atoms with van der Waals surface area (Å²) in [5, 5.41) is 3.70. The van der Waals surface area contributed by atoms with Gasteiger partial charge in [0.25, 0.3) is 0 Å². The first-order chi connectivity index (χ1) is 14.2. The monoisotopic (exact) mass is 436 g/mol.